The van der Waals surface area contributed by atoms with Crippen molar-refractivity contribution in [1.29, 1.82) is 0 Å². The van der Waals surface area contributed by atoms with Crippen molar-refractivity contribution in [2.75, 3.05) is 46.4 Å². The van der Waals surface area contributed by atoms with Crippen molar-refractivity contribution in [2.24, 2.45) is 4.99 Å². The van der Waals surface area contributed by atoms with Gasteiger partial charge in [-0.3, -0.25) is 4.99 Å². The van der Waals surface area contributed by atoms with Crippen LogP contribution in [0.4, 0.5) is 8.78 Å². The highest BCUT2D eigenvalue weighted by molar-refractivity contribution is 14.0. The van der Waals surface area contributed by atoms with E-state index in [2.05, 4.69) is 20.5 Å². The highest BCUT2D eigenvalue weighted by Gasteiger charge is 2.20. The SMILES string of the molecule is CCNC(=NCC(C)c1ccc(F)cc1F)NC1CCN(CCCOC)CC1.I. The maximum Gasteiger partial charge on any atom is 0.191 e. The molecule has 2 rings (SSSR count). The number of hydrogen-bond donors (Lipinski definition) is 2. The number of nitrogens with one attached hydrogen (secondary N) is 2. The monoisotopic (exact) mass is 524 g/mol. The van der Waals surface area contributed by atoms with Crippen molar-refractivity contribution >= 4 is 29.9 Å². The van der Waals surface area contributed by atoms with Crippen LogP contribution in [0.3, 0.4) is 0 Å². The summed E-state index contributed by atoms with van der Waals surface area (Å²) >= 11 is 0. The number of aliphatic imine (C=N–C) groups is 1. The lowest BCUT2D eigenvalue weighted by Crippen LogP contribution is -2.49. The van der Waals surface area contributed by atoms with Gasteiger partial charge >= 0.3 is 0 Å². The van der Waals surface area contributed by atoms with Gasteiger partial charge in [-0.05, 0) is 37.8 Å². The van der Waals surface area contributed by atoms with Crippen molar-refractivity contribution in [3.63, 3.8) is 0 Å². The van der Waals surface area contributed by atoms with E-state index in [1.165, 1.54) is 12.1 Å². The van der Waals surface area contributed by atoms with Gasteiger partial charge in [0.15, 0.2) is 5.96 Å². The summed E-state index contributed by atoms with van der Waals surface area (Å²) in [5.74, 6) is -0.435. The van der Waals surface area contributed by atoms with Crippen molar-refractivity contribution in [1.82, 2.24) is 15.5 Å². The molecule has 1 aliphatic rings. The molecule has 0 aromatic heterocycles. The molecule has 0 bridgehead atoms. The Kier molecular flexibility index (Phi) is 12.6. The van der Waals surface area contributed by atoms with Crippen LogP contribution in [-0.2, 0) is 4.74 Å². The van der Waals surface area contributed by atoms with Crippen LogP contribution in [0.2, 0.25) is 0 Å². The van der Waals surface area contributed by atoms with Crippen molar-refractivity contribution in [3.8, 4) is 0 Å². The lowest BCUT2D eigenvalue weighted by Gasteiger charge is -2.33. The number of nitrogens with zero attached hydrogens (tertiary/aromatic N) is 2. The summed E-state index contributed by atoms with van der Waals surface area (Å²) < 4.78 is 32.2. The van der Waals surface area contributed by atoms with Gasteiger partial charge in [-0.1, -0.05) is 13.0 Å². The third-order valence-corrected chi connectivity index (χ3v) is 5.11. The van der Waals surface area contributed by atoms with Gasteiger partial charge in [-0.2, -0.15) is 0 Å². The molecule has 1 atom stereocenters. The molecule has 1 fully saturated rings. The lowest BCUT2D eigenvalue weighted by atomic mass is 10.0. The average molecular weight is 524 g/mol. The number of methoxy groups -OCH3 is 1. The van der Waals surface area contributed by atoms with E-state index in [-0.39, 0.29) is 29.9 Å². The molecule has 0 radical (unpaired) electrons. The van der Waals surface area contributed by atoms with Gasteiger partial charge in [-0.25, -0.2) is 8.78 Å². The molecule has 8 heteroatoms. The van der Waals surface area contributed by atoms with Gasteiger partial charge < -0.3 is 20.3 Å². The van der Waals surface area contributed by atoms with Gasteiger partial charge in [0.1, 0.15) is 11.6 Å². The summed E-state index contributed by atoms with van der Waals surface area (Å²) in [6.45, 7) is 9.16. The zero-order chi connectivity index (χ0) is 20.4. The number of rotatable bonds is 9. The van der Waals surface area contributed by atoms with Crippen LogP contribution < -0.4 is 10.6 Å². The molecule has 0 spiro atoms. The molecular weight excluding hydrogens is 489 g/mol. The summed E-state index contributed by atoms with van der Waals surface area (Å²) in [6, 6.07) is 4.11. The predicted octanol–water partition coefficient (Wildman–Crippen LogP) is 3.74. The van der Waals surface area contributed by atoms with Crippen molar-refractivity contribution in [2.45, 2.75) is 45.1 Å². The van der Waals surface area contributed by atoms with Gasteiger partial charge in [0, 0.05) is 64.5 Å². The number of piperidine rings is 1. The molecule has 1 aliphatic heterocycles. The minimum absolute atomic E-state index is 0. The molecule has 2 N–H and O–H groups in total. The second-order valence-electron chi connectivity index (χ2n) is 7.39. The molecule has 1 saturated heterocycles. The Labute approximate surface area is 190 Å². The predicted molar refractivity (Wildman–Crippen MR) is 125 cm³/mol. The quantitative estimate of drug-likeness (QED) is 0.224. The smallest absolute Gasteiger partial charge is 0.191 e. The van der Waals surface area contributed by atoms with E-state index < -0.39 is 11.6 Å². The highest BCUT2D eigenvalue weighted by atomic mass is 127. The number of benzene rings is 1. The Hall–Kier alpha value is -1.00. The standard InChI is InChI=1S/C21H34F2N4O.HI/c1-4-24-21(25-15-16(2)19-7-6-17(22)14-20(19)23)26-18-8-11-27(12-9-18)10-5-13-28-3;/h6-7,14,16,18H,4-5,8-13,15H2,1-3H3,(H2,24,25,26);1H. The molecule has 1 aromatic carbocycles. The fraction of sp³-hybridized carbons (Fsp3) is 0.667. The van der Waals surface area contributed by atoms with Crippen LogP contribution in [0.25, 0.3) is 0 Å². The Bertz CT molecular complexity index is 625. The molecule has 0 saturated carbocycles. The van der Waals surface area contributed by atoms with Gasteiger partial charge in [0.05, 0.1) is 0 Å². The third-order valence-electron chi connectivity index (χ3n) is 5.11. The number of likely N-dealkylation sites (tertiary alicyclic amines) is 1. The van der Waals surface area contributed by atoms with E-state index in [1.807, 2.05) is 13.8 Å². The van der Waals surface area contributed by atoms with E-state index in [9.17, 15) is 8.78 Å². The maximum absolute atomic E-state index is 14.0. The van der Waals surface area contributed by atoms with E-state index >= 15 is 0 Å². The molecular formula is C21H35F2IN4O. The van der Waals surface area contributed by atoms with Crippen LogP contribution in [0, 0.1) is 11.6 Å². The number of guanidine groups is 1. The Balaban J connectivity index is 0.00000420. The molecule has 1 unspecified atom stereocenters. The summed E-state index contributed by atoms with van der Waals surface area (Å²) in [5.41, 5.74) is 0.491. The first-order valence-electron chi connectivity index (χ1n) is 10.2. The van der Waals surface area contributed by atoms with E-state index in [1.54, 1.807) is 7.11 Å². The fourth-order valence-corrected chi connectivity index (χ4v) is 3.47. The summed E-state index contributed by atoms with van der Waals surface area (Å²) in [5, 5.41) is 6.78. The van der Waals surface area contributed by atoms with Crippen LogP contribution in [0.15, 0.2) is 23.2 Å². The fourth-order valence-electron chi connectivity index (χ4n) is 3.47. The number of ether oxygens (including phenoxy) is 1. The zero-order valence-corrected chi connectivity index (χ0v) is 20.0. The Morgan fingerprint density at radius 1 is 1.31 bits per heavy atom. The van der Waals surface area contributed by atoms with Crippen LogP contribution in [-0.4, -0.2) is 63.3 Å². The first-order valence-corrected chi connectivity index (χ1v) is 10.2. The third kappa shape index (κ3) is 9.13. The van der Waals surface area contributed by atoms with E-state index in [4.69, 9.17) is 4.74 Å². The van der Waals surface area contributed by atoms with E-state index in [0.717, 1.165) is 64.1 Å². The largest absolute Gasteiger partial charge is 0.385 e. The molecule has 1 heterocycles. The number of hydrogen-bond acceptors (Lipinski definition) is 3. The first-order chi connectivity index (χ1) is 13.5. The van der Waals surface area contributed by atoms with Crippen molar-refractivity contribution < 1.29 is 13.5 Å². The maximum atomic E-state index is 14.0. The van der Waals surface area contributed by atoms with Gasteiger partial charge in [0.2, 0.25) is 0 Å². The molecule has 0 amide bonds. The topological polar surface area (TPSA) is 48.9 Å². The Morgan fingerprint density at radius 2 is 2.03 bits per heavy atom. The van der Waals surface area contributed by atoms with Gasteiger partial charge in [0.25, 0.3) is 0 Å². The summed E-state index contributed by atoms with van der Waals surface area (Å²) in [6.07, 6.45) is 3.20. The molecule has 0 aliphatic carbocycles. The molecule has 5 nitrogen and oxygen atoms in total. The normalized spacial score (nSPS) is 16.9. The second-order valence-corrected chi connectivity index (χ2v) is 7.39. The summed E-state index contributed by atoms with van der Waals surface area (Å²) in [7, 11) is 1.74. The lowest BCUT2D eigenvalue weighted by molar-refractivity contribution is 0.155. The van der Waals surface area contributed by atoms with Crippen molar-refractivity contribution in [3.05, 3.63) is 35.4 Å². The average Bonchev–Trinajstić information content (AvgIpc) is 2.67. The number of halogens is 3. The van der Waals surface area contributed by atoms with Crippen LogP contribution in [0.1, 0.15) is 44.6 Å². The van der Waals surface area contributed by atoms with Crippen LogP contribution >= 0.6 is 24.0 Å². The van der Waals surface area contributed by atoms with Crippen LogP contribution in [0.5, 0.6) is 0 Å². The molecule has 166 valence electrons. The molecule has 29 heavy (non-hydrogen) atoms. The second kappa shape index (κ2) is 14.1. The zero-order valence-electron chi connectivity index (χ0n) is 17.7. The van der Waals surface area contributed by atoms with E-state index in [0.29, 0.717) is 18.2 Å². The molecule has 1 aromatic rings. The summed E-state index contributed by atoms with van der Waals surface area (Å²) in [4.78, 5) is 7.10. The minimum atomic E-state index is -0.555. The van der Waals surface area contributed by atoms with Gasteiger partial charge in [-0.15, -0.1) is 24.0 Å². The minimum Gasteiger partial charge on any atom is -0.385 e. The first kappa shape index (κ1) is 26.0. The Morgan fingerprint density at radius 3 is 2.66 bits per heavy atom. The highest BCUT2D eigenvalue weighted by Crippen LogP contribution is 2.20.